The molecule has 6 heteroatoms. The van der Waals surface area contributed by atoms with Crippen molar-refractivity contribution in [3.63, 3.8) is 0 Å². The van der Waals surface area contributed by atoms with E-state index in [9.17, 15) is 28.5 Å². The quantitative estimate of drug-likeness (QED) is 0.643. The third-order valence-electron chi connectivity index (χ3n) is 9.86. The summed E-state index contributed by atoms with van der Waals surface area (Å²) in [6, 6.07) is 0. The maximum Gasteiger partial charge on any atom is 0.417 e. The fourth-order valence-electron chi connectivity index (χ4n) is 8.36. The van der Waals surface area contributed by atoms with Crippen molar-refractivity contribution >= 4 is 0 Å². The molecule has 3 N–H and O–H groups in total. The normalized spacial score (nSPS) is 54.0. The van der Waals surface area contributed by atoms with Gasteiger partial charge in [0.1, 0.15) is 0 Å². The van der Waals surface area contributed by atoms with Crippen LogP contribution in [0, 0.1) is 40.4 Å². The van der Waals surface area contributed by atoms with Crippen molar-refractivity contribution in [1.82, 2.24) is 0 Å². The number of fused-ring (bicyclic) bond motifs is 5. The molecule has 4 aliphatic rings. The van der Waals surface area contributed by atoms with Crippen molar-refractivity contribution < 1.29 is 28.5 Å². The van der Waals surface area contributed by atoms with E-state index >= 15 is 0 Å². The predicted octanol–water partition coefficient (Wildman–Crippen LogP) is 4.29. The molecule has 0 radical (unpaired) electrons. The summed E-state index contributed by atoms with van der Waals surface area (Å²) < 4.78 is 40.3. The first-order valence-electron chi connectivity index (χ1n) is 11.0. The molecular formula is C22H35F3O3. The van der Waals surface area contributed by atoms with Gasteiger partial charge in [0, 0.05) is 6.61 Å². The van der Waals surface area contributed by atoms with E-state index in [1.54, 1.807) is 0 Å². The Kier molecular flexibility index (Phi) is 4.92. The Morgan fingerprint density at radius 2 is 1.68 bits per heavy atom. The molecule has 8 unspecified atom stereocenters. The van der Waals surface area contributed by atoms with E-state index in [1.165, 1.54) is 0 Å². The Morgan fingerprint density at radius 3 is 2.32 bits per heavy atom. The fourth-order valence-corrected chi connectivity index (χ4v) is 8.36. The zero-order chi connectivity index (χ0) is 20.5. The standard InChI is InChI=1S/C22H35F3O3/c1-19-8-9-21(28,22(23,24)25)11-14(19)3-5-15-16-6-4-13(7-10-26)20(16,2)12-17(27)18(15)19/h13-18,26-28H,3-12H2,1-2H3/t13?,14?,15?,16?,17?,18?,19?,20?,21-/m0/s1. The summed E-state index contributed by atoms with van der Waals surface area (Å²) in [6.07, 6.45) is -0.0451. The van der Waals surface area contributed by atoms with Gasteiger partial charge < -0.3 is 15.3 Å². The number of aliphatic hydroxyl groups excluding tert-OH is 2. The first kappa shape index (κ1) is 20.9. The average Bonchev–Trinajstić information content (AvgIpc) is 2.91. The first-order valence-corrected chi connectivity index (χ1v) is 11.0. The van der Waals surface area contributed by atoms with Gasteiger partial charge in [0.15, 0.2) is 5.60 Å². The van der Waals surface area contributed by atoms with Crippen LogP contribution in [0.4, 0.5) is 13.2 Å². The Labute approximate surface area is 165 Å². The molecule has 4 fully saturated rings. The lowest BCUT2D eigenvalue weighted by Crippen LogP contribution is -2.62. The number of alkyl halides is 3. The molecule has 0 amide bonds. The summed E-state index contributed by atoms with van der Waals surface area (Å²) in [6.45, 7) is 4.52. The van der Waals surface area contributed by atoms with E-state index in [2.05, 4.69) is 13.8 Å². The topological polar surface area (TPSA) is 60.7 Å². The van der Waals surface area contributed by atoms with Crippen LogP contribution in [0.5, 0.6) is 0 Å². The van der Waals surface area contributed by atoms with Gasteiger partial charge in [-0.25, -0.2) is 0 Å². The third-order valence-corrected chi connectivity index (χ3v) is 9.86. The summed E-state index contributed by atoms with van der Waals surface area (Å²) in [5.41, 5.74) is -2.89. The van der Waals surface area contributed by atoms with Crippen LogP contribution in [0.15, 0.2) is 0 Å². The number of aliphatic hydroxyl groups is 3. The van der Waals surface area contributed by atoms with Crippen LogP contribution < -0.4 is 0 Å². The van der Waals surface area contributed by atoms with Gasteiger partial charge in [-0.1, -0.05) is 13.8 Å². The third kappa shape index (κ3) is 2.80. The number of rotatable bonds is 2. The van der Waals surface area contributed by atoms with Crippen molar-refractivity contribution in [3.8, 4) is 0 Å². The Balaban J connectivity index is 1.61. The van der Waals surface area contributed by atoms with Gasteiger partial charge in [0.05, 0.1) is 6.10 Å². The second-order valence-corrected chi connectivity index (χ2v) is 10.9. The summed E-state index contributed by atoms with van der Waals surface area (Å²) in [5.74, 6) is 1.08. The fraction of sp³-hybridized carbons (Fsp3) is 1.00. The molecule has 0 aromatic rings. The van der Waals surface area contributed by atoms with Crippen LogP contribution in [0.1, 0.15) is 71.6 Å². The smallest absolute Gasteiger partial charge is 0.396 e. The zero-order valence-electron chi connectivity index (χ0n) is 17.0. The van der Waals surface area contributed by atoms with Gasteiger partial charge in [-0.05, 0) is 98.2 Å². The Bertz CT molecular complexity index is 610. The molecule has 3 nitrogen and oxygen atoms in total. The minimum atomic E-state index is -4.59. The highest BCUT2D eigenvalue weighted by atomic mass is 19.4. The van der Waals surface area contributed by atoms with Crippen LogP contribution in [0.2, 0.25) is 0 Å². The molecule has 0 aromatic carbocycles. The van der Waals surface area contributed by atoms with E-state index in [-0.39, 0.29) is 42.1 Å². The van der Waals surface area contributed by atoms with Crippen LogP contribution in [0.3, 0.4) is 0 Å². The molecular weight excluding hydrogens is 369 g/mol. The van der Waals surface area contributed by atoms with Gasteiger partial charge in [-0.2, -0.15) is 13.2 Å². The second-order valence-electron chi connectivity index (χ2n) is 10.9. The summed E-state index contributed by atoms with van der Waals surface area (Å²) in [7, 11) is 0. The van der Waals surface area contributed by atoms with Crippen molar-refractivity contribution in [1.29, 1.82) is 0 Å². The highest BCUT2D eigenvalue weighted by Crippen LogP contribution is 2.68. The van der Waals surface area contributed by atoms with E-state index in [1.807, 2.05) is 0 Å². The predicted molar refractivity (Wildman–Crippen MR) is 99.3 cm³/mol. The van der Waals surface area contributed by atoms with E-state index in [4.69, 9.17) is 0 Å². The Hall–Kier alpha value is -0.330. The monoisotopic (exact) mass is 404 g/mol. The van der Waals surface area contributed by atoms with E-state index < -0.39 is 17.9 Å². The van der Waals surface area contributed by atoms with Gasteiger partial charge in [0.25, 0.3) is 0 Å². The summed E-state index contributed by atoms with van der Waals surface area (Å²) in [5, 5.41) is 31.0. The van der Waals surface area contributed by atoms with Crippen LogP contribution in [-0.2, 0) is 0 Å². The van der Waals surface area contributed by atoms with Gasteiger partial charge in [-0.3, -0.25) is 0 Å². The van der Waals surface area contributed by atoms with Crippen molar-refractivity contribution in [2.24, 2.45) is 40.4 Å². The molecule has 4 aliphatic carbocycles. The molecule has 28 heavy (non-hydrogen) atoms. The number of hydrogen-bond donors (Lipinski definition) is 3. The molecule has 0 aromatic heterocycles. The van der Waals surface area contributed by atoms with E-state index in [0.29, 0.717) is 37.0 Å². The van der Waals surface area contributed by atoms with Gasteiger partial charge >= 0.3 is 6.18 Å². The summed E-state index contributed by atoms with van der Waals surface area (Å²) >= 11 is 0. The highest BCUT2D eigenvalue weighted by molar-refractivity contribution is 5.13. The molecule has 4 rings (SSSR count). The zero-order valence-corrected chi connectivity index (χ0v) is 17.0. The molecule has 4 saturated carbocycles. The molecule has 0 bridgehead atoms. The average molecular weight is 405 g/mol. The SMILES string of the molecule is CC12CC(O)C3C(CCC4C[C@](O)(C(F)(F)F)CCC43C)C1CCC2CCO. The lowest BCUT2D eigenvalue weighted by atomic mass is 9.43. The van der Waals surface area contributed by atoms with Crippen molar-refractivity contribution in [3.05, 3.63) is 0 Å². The maximum atomic E-state index is 13.4. The lowest BCUT2D eigenvalue weighted by molar-refractivity contribution is -0.293. The van der Waals surface area contributed by atoms with Crippen molar-refractivity contribution in [2.75, 3.05) is 6.61 Å². The minimum Gasteiger partial charge on any atom is -0.396 e. The molecule has 162 valence electrons. The lowest BCUT2D eigenvalue weighted by Gasteiger charge is -2.63. The molecule has 0 aliphatic heterocycles. The summed E-state index contributed by atoms with van der Waals surface area (Å²) in [4.78, 5) is 0. The number of halogens is 3. The molecule has 0 heterocycles. The second kappa shape index (κ2) is 6.58. The van der Waals surface area contributed by atoms with E-state index in [0.717, 1.165) is 25.7 Å². The van der Waals surface area contributed by atoms with Crippen molar-refractivity contribution in [2.45, 2.75) is 89.5 Å². The van der Waals surface area contributed by atoms with Crippen LogP contribution >= 0.6 is 0 Å². The van der Waals surface area contributed by atoms with Crippen LogP contribution in [-0.4, -0.2) is 39.8 Å². The molecule has 0 saturated heterocycles. The van der Waals surface area contributed by atoms with Gasteiger partial charge in [-0.15, -0.1) is 0 Å². The first-order chi connectivity index (χ1) is 13.0. The molecule has 0 spiro atoms. The number of hydrogen-bond acceptors (Lipinski definition) is 3. The van der Waals surface area contributed by atoms with Crippen LogP contribution in [0.25, 0.3) is 0 Å². The largest absolute Gasteiger partial charge is 0.417 e. The maximum absolute atomic E-state index is 13.4. The highest BCUT2D eigenvalue weighted by Gasteiger charge is 2.66. The minimum absolute atomic E-state index is 0.0217. The van der Waals surface area contributed by atoms with Gasteiger partial charge in [0.2, 0.25) is 0 Å². The molecule has 9 atom stereocenters. The Morgan fingerprint density at radius 1 is 0.964 bits per heavy atom.